The summed E-state index contributed by atoms with van der Waals surface area (Å²) in [5.74, 6) is -0.767. The van der Waals surface area contributed by atoms with E-state index in [0.717, 1.165) is 25.3 Å². The molecule has 0 saturated carbocycles. The monoisotopic (exact) mass is 452 g/mol. The van der Waals surface area contributed by atoms with Gasteiger partial charge in [-0.2, -0.15) is 13.2 Å². The molecule has 1 amide bonds. The summed E-state index contributed by atoms with van der Waals surface area (Å²) < 4.78 is 37.2. The van der Waals surface area contributed by atoms with Crippen molar-refractivity contribution in [3.8, 4) is 0 Å². The molecule has 2 aliphatic rings. The van der Waals surface area contributed by atoms with Gasteiger partial charge in [-0.25, -0.2) is 4.79 Å². The lowest BCUT2D eigenvalue weighted by atomic mass is 9.94. The van der Waals surface area contributed by atoms with Gasteiger partial charge in [0.1, 0.15) is 5.76 Å². The van der Waals surface area contributed by atoms with Crippen LogP contribution in [0.5, 0.6) is 0 Å². The van der Waals surface area contributed by atoms with Crippen LogP contribution in [0, 0.1) is 12.8 Å². The van der Waals surface area contributed by atoms with Gasteiger partial charge in [0.2, 0.25) is 0 Å². The molecule has 1 aliphatic carbocycles. The molecule has 1 fully saturated rings. The molecule has 9 heteroatoms. The molecule has 0 spiro atoms. The number of benzene rings is 1. The van der Waals surface area contributed by atoms with E-state index in [-0.39, 0.29) is 11.9 Å². The van der Waals surface area contributed by atoms with Crippen LogP contribution < -0.4 is 5.32 Å². The number of carboxylic acids is 1. The molecule has 2 heterocycles. The number of carbonyl (C=O) groups is 2. The van der Waals surface area contributed by atoms with Gasteiger partial charge in [0.25, 0.3) is 5.91 Å². The van der Waals surface area contributed by atoms with Crippen LogP contribution in [0.3, 0.4) is 0 Å². The van der Waals surface area contributed by atoms with Crippen molar-refractivity contribution in [1.82, 2.24) is 10.2 Å². The Kier molecular flexibility index (Phi) is 6.97. The van der Waals surface area contributed by atoms with Gasteiger partial charge in [0.15, 0.2) is 5.76 Å². The first kappa shape index (κ1) is 23.8. The van der Waals surface area contributed by atoms with Crippen molar-refractivity contribution in [2.75, 3.05) is 13.1 Å². The number of carboxylic acid groups (broad SMARTS) is 1. The molecule has 174 valence electrons. The first-order valence-corrected chi connectivity index (χ1v) is 10.5. The number of aliphatic carboxylic acids is 1. The quantitative estimate of drug-likeness (QED) is 0.713. The summed E-state index contributed by atoms with van der Waals surface area (Å²) in [6.45, 7) is 8.52. The Morgan fingerprint density at radius 1 is 1.19 bits per heavy atom. The van der Waals surface area contributed by atoms with Gasteiger partial charge in [-0.15, -0.1) is 0 Å². The Bertz CT molecular complexity index is 972. The van der Waals surface area contributed by atoms with Crippen molar-refractivity contribution in [1.29, 1.82) is 0 Å². The average Bonchev–Trinajstić information content (AvgIpc) is 3.43. The van der Waals surface area contributed by atoms with Gasteiger partial charge in [0.05, 0.1) is 6.04 Å². The molecular formula is C23H27F3N2O4. The summed E-state index contributed by atoms with van der Waals surface area (Å²) in [6.07, 6.45) is -3.93. The van der Waals surface area contributed by atoms with E-state index in [9.17, 15) is 18.0 Å². The van der Waals surface area contributed by atoms with E-state index in [2.05, 4.69) is 48.3 Å². The number of alkyl halides is 3. The third kappa shape index (κ3) is 4.98. The van der Waals surface area contributed by atoms with Gasteiger partial charge in [-0.3, -0.25) is 9.69 Å². The van der Waals surface area contributed by atoms with Gasteiger partial charge in [-0.05, 0) is 43.5 Å². The number of furan rings is 1. The fourth-order valence-electron chi connectivity index (χ4n) is 4.46. The molecular weight excluding hydrogens is 425 g/mol. The lowest BCUT2D eigenvalue weighted by molar-refractivity contribution is -0.192. The molecule has 4 rings (SSSR count). The summed E-state index contributed by atoms with van der Waals surface area (Å²) in [7, 11) is 0. The number of nitrogens with one attached hydrogen (secondary N) is 1. The first-order chi connectivity index (χ1) is 15.0. The number of hydrogen-bond donors (Lipinski definition) is 2. The SMILES string of the molecule is CCC(C)N1C[C@@H]2[C@H](NC(=O)c3ccc(C)o3)c3ccccc3[C@@H]2C1.O=C(O)C(F)(F)F. The second-order valence-corrected chi connectivity index (χ2v) is 8.27. The minimum atomic E-state index is -5.08. The molecule has 2 aromatic rings. The summed E-state index contributed by atoms with van der Waals surface area (Å²) in [4.78, 5) is 24.1. The second-order valence-electron chi connectivity index (χ2n) is 8.27. The molecule has 4 atom stereocenters. The number of nitrogens with zero attached hydrogens (tertiary/aromatic N) is 1. The Morgan fingerprint density at radius 2 is 1.81 bits per heavy atom. The highest BCUT2D eigenvalue weighted by Gasteiger charge is 2.47. The molecule has 1 unspecified atom stereocenters. The lowest BCUT2D eigenvalue weighted by Gasteiger charge is -2.26. The minimum Gasteiger partial charge on any atom is -0.475 e. The van der Waals surface area contributed by atoms with Crippen LogP contribution in [-0.4, -0.2) is 47.2 Å². The highest BCUT2D eigenvalue weighted by molar-refractivity contribution is 5.92. The van der Waals surface area contributed by atoms with E-state index in [1.54, 1.807) is 6.07 Å². The maximum atomic E-state index is 12.7. The number of carbonyl (C=O) groups excluding carboxylic acids is 1. The number of likely N-dealkylation sites (tertiary alicyclic amines) is 1. The molecule has 1 aromatic heterocycles. The van der Waals surface area contributed by atoms with Crippen LogP contribution in [0.1, 0.15) is 59.7 Å². The van der Waals surface area contributed by atoms with Gasteiger partial charge >= 0.3 is 12.1 Å². The standard InChI is InChI=1S/C21H26N2O2.C2HF3O2/c1-4-13(2)23-11-17-15-7-5-6-8-16(15)20(18(17)12-23)22-21(24)19-10-9-14(3)25-19;3-2(4,5)1(6)7/h5-10,13,17-18,20H,4,11-12H2,1-3H3,(H,22,24);(H,6,7)/t13?,17-,18-,20+;/m0./s1. The van der Waals surface area contributed by atoms with Gasteiger partial charge in [-0.1, -0.05) is 31.2 Å². The molecule has 32 heavy (non-hydrogen) atoms. The average molecular weight is 452 g/mol. The number of amides is 1. The fourth-order valence-corrected chi connectivity index (χ4v) is 4.46. The molecule has 2 N–H and O–H groups in total. The fraction of sp³-hybridized carbons (Fsp3) is 0.478. The Morgan fingerprint density at radius 3 is 2.34 bits per heavy atom. The number of hydrogen-bond acceptors (Lipinski definition) is 4. The van der Waals surface area contributed by atoms with E-state index in [1.165, 1.54) is 11.1 Å². The smallest absolute Gasteiger partial charge is 0.475 e. The largest absolute Gasteiger partial charge is 0.490 e. The zero-order chi connectivity index (χ0) is 23.6. The third-order valence-electron chi connectivity index (χ3n) is 6.26. The van der Waals surface area contributed by atoms with Crippen LogP contribution in [0.25, 0.3) is 0 Å². The topological polar surface area (TPSA) is 82.8 Å². The van der Waals surface area contributed by atoms with Crippen molar-refractivity contribution < 1.29 is 32.3 Å². The molecule has 1 saturated heterocycles. The van der Waals surface area contributed by atoms with Gasteiger partial charge in [0, 0.05) is 31.0 Å². The van der Waals surface area contributed by atoms with Crippen LogP contribution >= 0.6 is 0 Å². The lowest BCUT2D eigenvalue weighted by Crippen LogP contribution is -2.35. The van der Waals surface area contributed by atoms with Crippen molar-refractivity contribution in [3.63, 3.8) is 0 Å². The van der Waals surface area contributed by atoms with E-state index in [1.807, 2.05) is 13.0 Å². The zero-order valence-electron chi connectivity index (χ0n) is 18.1. The Labute approximate surface area is 184 Å². The summed E-state index contributed by atoms with van der Waals surface area (Å²) in [5.41, 5.74) is 2.68. The van der Waals surface area contributed by atoms with E-state index >= 15 is 0 Å². The zero-order valence-corrected chi connectivity index (χ0v) is 18.1. The predicted octanol–water partition coefficient (Wildman–Crippen LogP) is 4.52. The number of halogens is 3. The number of aryl methyl sites for hydroxylation is 1. The van der Waals surface area contributed by atoms with Crippen LogP contribution in [0.2, 0.25) is 0 Å². The molecule has 6 nitrogen and oxygen atoms in total. The Hall–Kier alpha value is -2.81. The molecule has 1 aromatic carbocycles. The normalized spacial score (nSPS) is 23.0. The molecule has 0 bridgehead atoms. The summed E-state index contributed by atoms with van der Waals surface area (Å²) in [5, 5.41) is 10.4. The van der Waals surface area contributed by atoms with Crippen molar-refractivity contribution >= 4 is 11.9 Å². The van der Waals surface area contributed by atoms with Crippen LogP contribution in [-0.2, 0) is 4.79 Å². The van der Waals surface area contributed by atoms with Gasteiger partial charge < -0.3 is 14.8 Å². The Balaban J connectivity index is 0.000000360. The minimum absolute atomic E-state index is 0.0631. The first-order valence-electron chi connectivity index (χ1n) is 10.5. The third-order valence-corrected chi connectivity index (χ3v) is 6.26. The van der Waals surface area contributed by atoms with Crippen molar-refractivity contribution in [2.45, 2.75) is 51.4 Å². The predicted molar refractivity (Wildman–Crippen MR) is 111 cm³/mol. The van der Waals surface area contributed by atoms with Crippen molar-refractivity contribution in [3.05, 3.63) is 59.0 Å². The van der Waals surface area contributed by atoms with E-state index < -0.39 is 12.1 Å². The van der Waals surface area contributed by atoms with Crippen LogP contribution in [0.4, 0.5) is 13.2 Å². The van der Waals surface area contributed by atoms with E-state index in [0.29, 0.717) is 23.6 Å². The van der Waals surface area contributed by atoms with Crippen molar-refractivity contribution in [2.24, 2.45) is 5.92 Å². The van der Waals surface area contributed by atoms with E-state index in [4.69, 9.17) is 14.3 Å². The maximum absolute atomic E-state index is 12.7. The molecule has 0 radical (unpaired) electrons. The summed E-state index contributed by atoms with van der Waals surface area (Å²) >= 11 is 0. The number of fused-ring (bicyclic) bond motifs is 3. The highest BCUT2D eigenvalue weighted by atomic mass is 19.4. The molecule has 1 aliphatic heterocycles. The second kappa shape index (κ2) is 9.36. The number of rotatable bonds is 4. The maximum Gasteiger partial charge on any atom is 0.490 e. The summed E-state index contributed by atoms with van der Waals surface area (Å²) in [6, 6.07) is 12.8. The van der Waals surface area contributed by atoms with Crippen LogP contribution in [0.15, 0.2) is 40.8 Å². The highest BCUT2D eigenvalue weighted by Crippen LogP contribution is 2.49.